The van der Waals surface area contributed by atoms with Gasteiger partial charge in [-0.25, -0.2) is 17.8 Å². The first kappa shape index (κ1) is 33.2. The quantitative estimate of drug-likeness (QED) is 0.186. The van der Waals surface area contributed by atoms with E-state index in [9.17, 15) is 8.42 Å². The molecule has 3 aromatic rings. The molecular weight excluding hydrogens is 621 g/mol. The second-order valence-electron chi connectivity index (χ2n) is 12.8. The standard InChI is InChI=1S/C32H45ClFN5O3S2/c1-20(2)35-18-21-9-11-22(12-10-21)19-42-23-13-14-27-30(15-23)43-32(37-27)38-44(40,41)31-16-24(33)28(17-25(31)34)36-26-7-5-6-8-29(26)39(3)4/h13-17,20-22,26,29,35-36H,5-12,18-19H2,1-4H3,(H,37,38)/t21?,22?,26-,29-/m0/s1. The smallest absolute Gasteiger partial charge is 0.266 e. The SMILES string of the molecule is CC(C)NCC1CCC(COc2ccc3nc(NS(=O)(=O)c4cc(Cl)c(N[C@H]5CCCC[C@@H]5N(C)C)cc4F)sc3c2)CC1. The van der Waals surface area contributed by atoms with Gasteiger partial charge in [-0.2, -0.15) is 0 Å². The fourth-order valence-corrected chi connectivity index (χ4v) is 8.87. The largest absolute Gasteiger partial charge is 0.493 e. The van der Waals surface area contributed by atoms with Gasteiger partial charge in [0.1, 0.15) is 16.5 Å². The lowest BCUT2D eigenvalue weighted by atomic mass is 9.82. The number of ether oxygens (including phenoxy) is 1. The number of nitrogens with one attached hydrogen (secondary N) is 3. The molecule has 1 aromatic heterocycles. The van der Waals surface area contributed by atoms with Crippen LogP contribution < -0.4 is 20.1 Å². The maximum absolute atomic E-state index is 15.3. The monoisotopic (exact) mass is 665 g/mol. The normalized spacial score (nSPS) is 22.9. The molecule has 0 aliphatic heterocycles. The Labute approximate surface area is 270 Å². The Morgan fingerprint density at radius 3 is 2.52 bits per heavy atom. The zero-order valence-corrected chi connectivity index (χ0v) is 28.4. The van der Waals surface area contributed by atoms with Crippen molar-refractivity contribution in [2.45, 2.75) is 88.2 Å². The van der Waals surface area contributed by atoms with Crippen LogP contribution in [0, 0.1) is 17.7 Å². The van der Waals surface area contributed by atoms with Gasteiger partial charge in [0, 0.05) is 18.1 Å². The summed E-state index contributed by atoms with van der Waals surface area (Å²) in [4.78, 5) is 6.07. The molecule has 0 radical (unpaired) electrons. The van der Waals surface area contributed by atoms with Gasteiger partial charge in [-0.3, -0.25) is 4.72 Å². The molecule has 2 atom stereocenters. The highest BCUT2D eigenvalue weighted by atomic mass is 35.5. The van der Waals surface area contributed by atoms with E-state index in [2.05, 4.69) is 39.1 Å². The maximum atomic E-state index is 15.3. The summed E-state index contributed by atoms with van der Waals surface area (Å²) in [5.74, 6) is 1.13. The molecule has 2 aliphatic carbocycles. The van der Waals surface area contributed by atoms with Crippen molar-refractivity contribution in [1.29, 1.82) is 0 Å². The molecule has 44 heavy (non-hydrogen) atoms. The molecule has 8 nitrogen and oxygen atoms in total. The molecule has 2 saturated carbocycles. The van der Waals surface area contributed by atoms with Gasteiger partial charge in [0.25, 0.3) is 10.0 Å². The third kappa shape index (κ3) is 8.34. The van der Waals surface area contributed by atoms with Crippen LogP contribution in [0.2, 0.25) is 5.02 Å². The number of sulfonamides is 1. The molecule has 5 rings (SSSR count). The summed E-state index contributed by atoms with van der Waals surface area (Å²) in [6.45, 7) is 6.11. The number of anilines is 2. The van der Waals surface area contributed by atoms with E-state index in [1.807, 2.05) is 32.3 Å². The van der Waals surface area contributed by atoms with Crippen molar-refractivity contribution in [3.8, 4) is 5.75 Å². The van der Waals surface area contributed by atoms with Crippen LogP contribution in [0.5, 0.6) is 5.75 Å². The fourth-order valence-electron chi connectivity index (χ4n) is 6.37. The van der Waals surface area contributed by atoms with Crippen molar-refractivity contribution in [3.05, 3.63) is 41.2 Å². The minimum atomic E-state index is -4.27. The second kappa shape index (κ2) is 14.5. The van der Waals surface area contributed by atoms with Crippen LogP contribution >= 0.6 is 22.9 Å². The number of rotatable bonds is 12. The van der Waals surface area contributed by atoms with Gasteiger partial charge in [-0.1, -0.05) is 49.6 Å². The highest BCUT2D eigenvalue weighted by Crippen LogP contribution is 2.35. The molecular formula is C32H45ClFN5O3S2. The molecule has 3 N–H and O–H groups in total. The minimum absolute atomic E-state index is 0.0972. The van der Waals surface area contributed by atoms with Gasteiger partial charge >= 0.3 is 0 Å². The van der Waals surface area contributed by atoms with Crippen LogP contribution in [0.25, 0.3) is 10.2 Å². The van der Waals surface area contributed by atoms with Crippen LogP contribution in [0.1, 0.15) is 65.2 Å². The molecule has 0 saturated heterocycles. The van der Waals surface area contributed by atoms with Crippen LogP contribution in [0.3, 0.4) is 0 Å². The van der Waals surface area contributed by atoms with E-state index in [0.717, 1.165) is 61.4 Å². The zero-order chi connectivity index (χ0) is 31.4. The predicted octanol–water partition coefficient (Wildman–Crippen LogP) is 7.36. The number of aromatic nitrogens is 1. The number of nitrogens with zero attached hydrogens (tertiary/aromatic N) is 2. The summed E-state index contributed by atoms with van der Waals surface area (Å²) in [5, 5.41) is 7.22. The van der Waals surface area contributed by atoms with Gasteiger partial charge in [0.2, 0.25) is 0 Å². The Morgan fingerprint density at radius 2 is 1.80 bits per heavy atom. The summed E-state index contributed by atoms with van der Waals surface area (Å²) >= 11 is 7.67. The third-order valence-electron chi connectivity index (χ3n) is 8.89. The van der Waals surface area contributed by atoms with Crippen molar-refractivity contribution in [2.75, 3.05) is 37.3 Å². The van der Waals surface area contributed by atoms with Crippen LogP contribution in [-0.4, -0.2) is 63.7 Å². The second-order valence-corrected chi connectivity index (χ2v) is 15.9. The molecule has 0 amide bonds. The van der Waals surface area contributed by atoms with Gasteiger partial charge < -0.3 is 20.3 Å². The fraction of sp³-hybridized carbons (Fsp3) is 0.594. The van der Waals surface area contributed by atoms with E-state index >= 15 is 4.39 Å². The highest BCUT2D eigenvalue weighted by molar-refractivity contribution is 7.93. The average Bonchev–Trinajstić information content (AvgIpc) is 3.38. The van der Waals surface area contributed by atoms with E-state index in [1.54, 1.807) is 0 Å². The minimum Gasteiger partial charge on any atom is -0.493 e. The summed E-state index contributed by atoms with van der Waals surface area (Å²) in [6, 6.07) is 8.80. The maximum Gasteiger partial charge on any atom is 0.266 e. The molecule has 242 valence electrons. The number of benzene rings is 2. The molecule has 0 bridgehead atoms. The Hall–Kier alpha value is -2.18. The van der Waals surface area contributed by atoms with E-state index < -0.39 is 20.7 Å². The average molecular weight is 666 g/mol. The van der Waals surface area contributed by atoms with Gasteiger partial charge in [0.05, 0.1) is 27.5 Å². The number of halogens is 2. The van der Waals surface area contributed by atoms with Crippen LogP contribution in [0.15, 0.2) is 35.2 Å². The molecule has 0 unspecified atom stereocenters. The van der Waals surface area contributed by atoms with Crippen LogP contribution in [0.4, 0.5) is 15.2 Å². The van der Waals surface area contributed by atoms with Crippen molar-refractivity contribution < 1.29 is 17.5 Å². The summed E-state index contributed by atoms with van der Waals surface area (Å²) in [6.07, 6.45) is 8.94. The lowest BCUT2D eigenvalue weighted by molar-refractivity contribution is 0.180. The van der Waals surface area contributed by atoms with E-state index in [1.165, 1.54) is 36.3 Å². The topological polar surface area (TPSA) is 95.6 Å². The van der Waals surface area contributed by atoms with Gasteiger partial charge in [0.15, 0.2) is 5.13 Å². The van der Waals surface area contributed by atoms with Crippen molar-refractivity contribution in [1.82, 2.24) is 15.2 Å². The molecule has 0 spiro atoms. The first-order valence-electron chi connectivity index (χ1n) is 15.7. The predicted molar refractivity (Wildman–Crippen MR) is 179 cm³/mol. The van der Waals surface area contributed by atoms with E-state index in [4.69, 9.17) is 16.3 Å². The number of likely N-dealkylation sites (N-methyl/N-ethyl adjacent to an activating group) is 1. The van der Waals surface area contributed by atoms with Crippen LogP contribution in [-0.2, 0) is 10.0 Å². The molecule has 2 aliphatic rings. The van der Waals surface area contributed by atoms with Crippen molar-refractivity contribution in [2.24, 2.45) is 11.8 Å². The number of hydrogen-bond donors (Lipinski definition) is 3. The lowest BCUT2D eigenvalue weighted by Crippen LogP contribution is -2.45. The van der Waals surface area contributed by atoms with Gasteiger partial charge in [-0.05, 0) is 101 Å². The lowest BCUT2D eigenvalue weighted by Gasteiger charge is -2.37. The van der Waals surface area contributed by atoms with Gasteiger partial charge in [-0.15, -0.1) is 0 Å². The first-order chi connectivity index (χ1) is 21.0. The first-order valence-corrected chi connectivity index (χ1v) is 18.4. The van der Waals surface area contributed by atoms with E-state index in [-0.39, 0.29) is 22.2 Å². The Kier molecular flexibility index (Phi) is 10.9. The zero-order valence-electron chi connectivity index (χ0n) is 26.0. The Balaban J connectivity index is 1.20. The Morgan fingerprint density at radius 1 is 1.07 bits per heavy atom. The Bertz CT molecular complexity index is 1530. The summed E-state index contributed by atoms with van der Waals surface area (Å²) in [5.41, 5.74) is 1.03. The third-order valence-corrected chi connectivity index (χ3v) is 11.6. The number of fused-ring (bicyclic) bond motifs is 1. The number of thiazole rings is 1. The highest BCUT2D eigenvalue weighted by Gasteiger charge is 2.29. The molecule has 12 heteroatoms. The number of hydrogen-bond acceptors (Lipinski definition) is 8. The summed E-state index contributed by atoms with van der Waals surface area (Å²) < 4.78 is 51.1. The molecule has 2 aromatic carbocycles. The van der Waals surface area contributed by atoms with E-state index in [0.29, 0.717) is 29.8 Å². The molecule has 1 heterocycles. The van der Waals surface area contributed by atoms with Crippen molar-refractivity contribution in [3.63, 3.8) is 0 Å². The molecule has 2 fully saturated rings. The van der Waals surface area contributed by atoms with Crippen molar-refractivity contribution >= 4 is 54.0 Å². The summed E-state index contributed by atoms with van der Waals surface area (Å²) in [7, 11) is -0.208.